The number of hydrogen-bond donors (Lipinski definition) is 1. The van der Waals surface area contributed by atoms with E-state index in [0.717, 1.165) is 12.0 Å². The van der Waals surface area contributed by atoms with E-state index in [1.54, 1.807) is 12.2 Å². The van der Waals surface area contributed by atoms with Gasteiger partial charge in [-0.05, 0) is 55.7 Å². The summed E-state index contributed by atoms with van der Waals surface area (Å²) in [5.74, 6) is -1.63. The minimum absolute atomic E-state index is 0.0262. The van der Waals surface area contributed by atoms with Crippen molar-refractivity contribution in [3.63, 3.8) is 0 Å². The van der Waals surface area contributed by atoms with Crippen molar-refractivity contribution in [1.82, 2.24) is 0 Å². The van der Waals surface area contributed by atoms with Gasteiger partial charge in [0.25, 0.3) is 0 Å². The summed E-state index contributed by atoms with van der Waals surface area (Å²) >= 11 is 3.76. The highest BCUT2D eigenvalue weighted by Gasteiger charge is 2.81. The second-order valence-electron chi connectivity index (χ2n) is 11.0. The summed E-state index contributed by atoms with van der Waals surface area (Å²) in [6.45, 7) is 6.54. The molecule has 4 aliphatic carbocycles. The molecule has 0 aromatic carbocycles. The Kier molecular flexibility index (Phi) is 4.45. The Morgan fingerprint density at radius 2 is 1.91 bits per heavy atom. The van der Waals surface area contributed by atoms with Crippen molar-refractivity contribution < 1.29 is 33.2 Å². The van der Waals surface area contributed by atoms with E-state index in [-0.39, 0.29) is 49.1 Å². The van der Waals surface area contributed by atoms with Gasteiger partial charge in [-0.15, -0.1) is 0 Å². The number of halogens is 2. The van der Waals surface area contributed by atoms with Gasteiger partial charge in [-0.1, -0.05) is 35.9 Å². The number of fused-ring (bicyclic) bond motifs is 7. The molecule has 8 heteroatoms. The van der Waals surface area contributed by atoms with E-state index >= 15 is 4.39 Å². The lowest BCUT2D eigenvalue weighted by Gasteiger charge is -2.64. The Labute approximate surface area is 195 Å². The summed E-state index contributed by atoms with van der Waals surface area (Å²) < 4.78 is 41.5. The molecule has 0 aromatic rings. The van der Waals surface area contributed by atoms with Gasteiger partial charge in [-0.25, -0.2) is 4.39 Å². The van der Waals surface area contributed by atoms with E-state index in [9.17, 15) is 9.90 Å². The van der Waals surface area contributed by atoms with Gasteiger partial charge >= 0.3 is 0 Å². The van der Waals surface area contributed by atoms with Crippen LogP contribution in [0.4, 0.5) is 4.39 Å². The maximum absolute atomic E-state index is 17.4. The second kappa shape index (κ2) is 6.52. The van der Waals surface area contributed by atoms with Crippen molar-refractivity contribution >= 4 is 21.7 Å². The van der Waals surface area contributed by atoms with Crippen LogP contribution in [-0.4, -0.2) is 59.1 Å². The number of alkyl halides is 2. The second-order valence-corrected chi connectivity index (χ2v) is 12.1. The molecule has 3 saturated carbocycles. The van der Waals surface area contributed by atoms with Crippen LogP contribution in [0.2, 0.25) is 0 Å². The zero-order chi connectivity index (χ0) is 22.7. The molecule has 2 heterocycles. The zero-order valence-corrected chi connectivity index (χ0v) is 20.2. The zero-order valence-electron chi connectivity index (χ0n) is 18.6. The number of aliphatic hydroxyl groups is 1. The molecule has 0 bridgehead atoms. The van der Waals surface area contributed by atoms with Crippen LogP contribution in [0.3, 0.4) is 0 Å². The van der Waals surface area contributed by atoms with Gasteiger partial charge < -0.3 is 24.1 Å². The molecule has 5 fully saturated rings. The van der Waals surface area contributed by atoms with Crippen molar-refractivity contribution in [2.45, 2.75) is 68.0 Å². The van der Waals surface area contributed by atoms with Crippen LogP contribution in [0.5, 0.6) is 0 Å². The fourth-order valence-electron chi connectivity index (χ4n) is 8.73. The monoisotopic (exact) mass is 512 g/mol. The first-order valence-corrected chi connectivity index (χ1v) is 12.4. The van der Waals surface area contributed by atoms with E-state index in [4.69, 9.17) is 18.9 Å². The van der Waals surface area contributed by atoms with Crippen LogP contribution in [-0.2, 0) is 23.7 Å². The van der Waals surface area contributed by atoms with E-state index in [2.05, 4.69) is 29.8 Å². The number of carbonyl (C=O) groups is 1. The van der Waals surface area contributed by atoms with Crippen LogP contribution in [0.1, 0.15) is 40.0 Å². The van der Waals surface area contributed by atoms with Crippen molar-refractivity contribution in [3.8, 4) is 0 Å². The third-order valence-electron chi connectivity index (χ3n) is 9.98. The van der Waals surface area contributed by atoms with E-state index in [0.29, 0.717) is 6.42 Å². The standard InChI is InChI=1S/C24H30BrFO6/c1-13-6-15-16-8-18(25)17-7-14(27)4-5-20(17,2)23(16,26)19(28)9-21(15,3)24(13)22(31-12-32-24)10-29-11-30-22/h4-5,7,13,15-16,18-19,28H,6,8-12H2,1-3H3/t13-,15+,16+,18+,19+,20+,21+,22?,23+,24-/m1/s1. The van der Waals surface area contributed by atoms with Gasteiger partial charge in [0.05, 0.1) is 6.10 Å². The molecule has 2 spiro atoms. The molecular weight excluding hydrogens is 483 g/mol. The molecule has 0 aromatic heterocycles. The van der Waals surface area contributed by atoms with Gasteiger partial charge in [0.15, 0.2) is 25.0 Å². The highest BCUT2D eigenvalue weighted by Crippen LogP contribution is 2.74. The quantitative estimate of drug-likeness (QED) is 0.501. The largest absolute Gasteiger partial charge is 0.390 e. The van der Waals surface area contributed by atoms with Crippen LogP contribution in [0.25, 0.3) is 0 Å². The lowest BCUT2D eigenvalue weighted by atomic mass is 9.44. The molecule has 1 unspecified atom stereocenters. The maximum atomic E-state index is 17.4. The van der Waals surface area contributed by atoms with Gasteiger partial charge in [-0.2, -0.15) is 0 Å². The lowest BCUT2D eigenvalue weighted by molar-refractivity contribution is -0.277. The fraction of sp³-hybridized carbons (Fsp3) is 0.792. The van der Waals surface area contributed by atoms with E-state index in [1.165, 1.54) is 6.08 Å². The van der Waals surface area contributed by atoms with Crippen molar-refractivity contribution in [1.29, 1.82) is 0 Å². The lowest BCUT2D eigenvalue weighted by Crippen LogP contribution is -2.72. The fourth-order valence-corrected chi connectivity index (χ4v) is 9.74. The number of ether oxygens (including phenoxy) is 4. The topological polar surface area (TPSA) is 74.2 Å². The molecule has 6 rings (SSSR count). The number of rotatable bonds is 0. The van der Waals surface area contributed by atoms with Crippen molar-refractivity contribution in [2.75, 3.05) is 20.2 Å². The Morgan fingerprint density at radius 3 is 2.62 bits per heavy atom. The predicted octanol–water partition coefficient (Wildman–Crippen LogP) is 3.42. The highest BCUT2D eigenvalue weighted by atomic mass is 79.9. The Bertz CT molecular complexity index is 926. The summed E-state index contributed by atoms with van der Waals surface area (Å²) in [5.41, 5.74) is -3.64. The molecular formula is C24H30BrFO6. The number of allylic oxidation sites excluding steroid dienone is 4. The van der Waals surface area contributed by atoms with Gasteiger partial charge in [-0.3, -0.25) is 4.79 Å². The SMILES string of the molecule is C[C@@H]1C[C@H]2[C@@H]3C[C@H](Br)C4=CC(=O)C=C[C@]4(C)[C@@]3(F)[C@@H](O)C[C@]2(C)[C@]12OCOC21COCO1. The Morgan fingerprint density at radius 1 is 1.16 bits per heavy atom. The summed E-state index contributed by atoms with van der Waals surface area (Å²) in [6.07, 6.45) is 4.90. The third-order valence-corrected chi connectivity index (χ3v) is 10.8. The molecule has 0 radical (unpaired) electrons. The van der Waals surface area contributed by atoms with E-state index in [1.807, 2.05) is 6.92 Å². The molecule has 1 N–H and O–H groups in total. The summed E-state index contributed by atoms with van der Waals surface area (Å²) in [4.78, 5) is 12.0. The molecule has 0 amide bonds. The number of hydrogen-bond acceptors (Lipinski definition) is 6. The Hall–Kier alpha value is -0.640. The smallest absolute Gasteiger partial charge is 0.227 e. The van der Waals surface area contributed by atoms with Gasteiger partial charge in [0.1, 0.15) is 12.2 Å². The molecule has 176 valence electrons. The third kappa shape index (κ3) is 2.17. The minimum atomic E-state index is -1.89. The molecule has 2 aliphatic heterocycles. The first-order valence-electron chi connectivity index (χ1n) is 11.5. The first-order chi connectivity index (χ1) is 15.1. The maximum Gasteiger partial charge on any atom is 0.227 e. The molecule has 10 atom stereocenters. The molecule has 6 nitrogen and oxygen atoms in total. The van der Waals surface area contributed by atoms with E-state index < -0.39 is 39.9 Å². The van der Waals surface area contributed by atoms with Gasteiger partial charge in [0.2, 0.25) is 5.79 Å². The minimum Gasteiger partial charge on any atom is -0.390 e. The predicted molar refractivity (Wildman–Crippen MR) is 115 cm³/mol. The first kappa shape index (κ1) is 21.9. The van der Waals surface area contributed by atoms with Crippen molar-refractivity contribution in [3.05, 3.63) is 23.8 Å². The molecule has 6 aliphatic rings. The Balaban J connectivity index is 1.50. The average molecular weight is 513 g/mol. The number of carbonyl (C=O) groups excluding carboxylic acids is 1. The van der Waals surface area contributed by atoms with Gasteiger partial charge in [0, 0.05) is 21.6 Å². The van der Waals surface area contributed by atoms with Crippen LogP contribution >= 0.6 is 15.9 Å². The average Bonchev–Trinajstić information content (AvgIpc) is 3.42. The van der Waals surface area contributed by atoms with Crippen molar-refractivity contribution in [2.24, 2.45) is 28.6 Å². The summed E-state index contributed by atoms with van der Waals surface area (Å²) in [5, 5.41) is 11.6. The van der Waals surface area contributed by atoms with Crippen LogP contribution in [0, 0.1) is 28.6 Å². The van der Waals surface area contributed by atoms with Crippen LogP contribution in [0.15, 0.2) is 23.8 Å². The summed E-state index contributed by atoms with van der Waals surface area (Å²) in [6, 6.07) is 0. The number of aliphatic hydroxyl groups excluding tert-OH is 1. The molecule has 32 heavy (non-hydrogen) atoms. The normalized spacial score (nSPS) is 58.8. The molecule has 2 saturated heterocycles. The summed E-state index contributed by atoms with van der Waals surface area (Å²) in [7, 11) is 0. The number of ketones is 1. The highest BCUT2D eigenvalue weighted by molar-refractivity contribution is 9.09. The van der Waals surface area contributed by atoms with Crippen LogP contribution < -0.4 is 0 Å².